The summed E-state index contributed by atoms with van der Waals surface area (Å²) in [4.78, 5) is 21.9. The van der Waals surface area contributed by atoms with Crippen LogP contribution in [0.2, 0.25) is 0 Å². The fourth-order valence-corrected chi connectivity index (χ4v) is 1.84. The predicted molar refractivity (Wildman–Crippen MR) is 56.3 cm³/mol. The molecular formula is C11H12N2O3. The van der Waals surface area contributed by atoms with Gasteiger partial charge in [0, 0.05) is 6.42 Å². The van der Waals surface area contributed by atoms with Crippen LogP contribution in [0.4, 0.5) is 0 Å². The lowest BCUT2D eigenvalue weighted by Crippen LogP contribution is -2.38. The molecule has 0 saturated carbocycles. The van der Waals surface area contributed by atoms with Gasteiger partial charge in [-0.25, -0.2) is 5.01 Å². The number of carbonyl (C=O) groups excluding carboxylic acids is 1. The molecule has 1 saturated heterocycles. The van der Waals surface area contributed by atoms with E-state index in [9.17, 15) is 9.59 Å². The molecule has 16 heavy (non-hydrogen) atoms. The van der Waals surface area contributed by atoms with Crippen LogP contribution < -0.4 is 5.43 Å². The van der Waals surface area contributed by atoms with E-state index in [1.165, 1.54) is 5.01 Å². The first kappa shape index (κ1) is 10.6. The summed E-state index contributed by atoms with van der Waals surface area (Å²) in [7, 11) is 0. The van der Waals surface area contributed by atoms with Crippen molar-refractivity contribution in [1.29, 1.82) is 0 Å². The first-order chi connectivity index (χ1) is 7.66. The number of nitrogens with one attached hydrogen (secondary N) is 1. The van der Waals surface area contributed by atoms with Crippen molar-refractivity contribution < 1.29 is 14.7 Å². The molecule has 1 aliphatic rings. The maximum Gasteiger partial charge on any atom is 0.319 e. The molecule has 1 fully saturated rings. The Morgan fingerprint density at radius 1 is 1.44 bits per heavy atom. The molecule has 1 atom stereocenters. The molecule has 0 aromatic heterocycles. The second kappa shape index (κ2) is 4.32. The van der Waals surface area contributed by atoms with Crippen LogP contribution in [0.1, 0.15) is 18.0 Å². The number of amides is 1. The Morgan fingerprint density at radius 2 is 2.12 bits per heavy atom. The van der Waals surface area contributed by atoms with Crippen LogP contribution in [0.25, 0.3) is 0 Å². The van der Waals surface area contributed by atoms with Crippen LogP contribution >= 0.6 is 0 Å². The molecule has 1 aliphatic heterocycles. The number of carboxylic acids is 1. The van der Waals surface area contributed by atoms with Gasteiger partial charge in [-0.05, 0) is 5.56 Å². The second-order valence-electron chi connectivity index (χ2n) is 3.69. The monoisotopic (exact) mass is 220 g/mol. The lowest BCUT2D eigenvalue weighted by atomic mass is 10.0. The van der Waals surface area contributed by atoms with Gasteiger partial charge >= 0.3 is 5.97 Å². The van der Waals surface area contributed by atoms with E-state index in [0.717, 1.165) is 5.56 Å². The number of carbonyl (C=O) groups is 2. The maximum atomic E-state index is 11.3. The topological polar surface area (TPSA) is 69.6 Å². The number of aliphatic carboxylic acids is 1. The van der Waals surface area contributed by atoms with Gasteiger partial charge in [-0.2, -0.15) is 0 Å². The van der Waals surface area contributed by atoms with Crippen molar-refractivity contribution >= 4 is 11.9 Å². The zero-order chi connectivity index (χ0) is 11.5. The summed E-state index contributed by atoms with van der Waals surface area (Å²) in [6.45, 7) is -0.189. The van der Waals surface area contributed by atoms with Gasteiger partial charge in [0.15, 0.2) is 0 Å². The van der Waals surface area contributed by atoms with Gasteiger partial charge in [0.1, 0.15) is 6.54 Å². The largest absolute Gasteiger partial charge is 0.480 e. The van der Waals surface area contributed by atoms with Gasteiger partial charge in [-0.3, -0.25) is 15.0 Å². The number of benzene rings is 1. The molecule has 84 valence electrons. The first-order valence-corrected chi connectivity index (χ1v) is 4.99. The van der Waals surface area contributed by atoms with Crippen LogP contribution in [-0.4, -0.2) is 28.5 Å². The molecule has 2 rings (SSSR count). The molecule has 1 aromatic carbocycles. The van der Waals surface area contributed by atoms with Crippen LogP contribution in [0.3, 0.4) is 0 Å². The highest BCUT2D eigenvalue weighted by atomic mass is 16.4. The van der Waals surface area contributed by atoms with E-state index in [-0.39, 0.29) is 18.5 Å². The fraction of sp³-hybridized carbons (Fsp3) is 0.273. The summed E-state index contributed by atoms with van der Waals surface area (Å²) in [6.07, 6.45) is 0.303. The Bertz CT molecular complexity index is 405. The molecule has 0 spiro atoms. The number of nitrogens with zero attached hydrogens (tertiary/aromatic N) is 1. The Hall–Kier alpha value is -1.88. The normalized spacial score (nSPS) is 20.8. The summed E-state index contributed by atoms with van der Waals surface area (Å²) in [5, 5.41) is 10.2. The van der Waals surface area contributed by atoms with Crippen LogP contribution in [-0.2, 0) is 9.59 Å². The maximum absolute atomic E-state index is 11.3. The minimum atomic E-state index is -0.955. The predicted octanol–water partition coefficient (Wildman–Crippen LogP) is 0.549. The summed E-state index contributed by atoms with van der Waals surface area (Å²) >= 11 is 0. The standard InChI is InChI=1S/C11H12N2O3/c14-10-6-9(8-4-2-1-3-5-8)13(12-10)7-11(15)16/h1-5,9H,6-7H2,(H,12,14)(H,15,16). The molecule has 0 radical (unpaired) electrons. The average Bonchev–Trinajstić information content (AvgIpc) is 2.60. The number of rotatable bonds is 3. The van der Waals surface area contributed by atoms with Crippen LogP contribution in [0.5, 0.6) is 0 Å². The lowest BCUT2D eigenvalue weighted by Gasteiger charge is -2.21. The quantitative estimate of drug-likeness (QED) is 0.780. The minimum absolute atomic E-state index is 0.143. The zero-order valence-electron chi connectivity index (χ0n) is 8.59. The first-order valence-electron chi connectivity index (χ1n) is 4.99. The van der Waals surface area contributed by atoms with Crippen molar-refractivity contribution in [3.05, 3.63) is 35.9 Å². The van der Waals surface area contributed by atoms with Crippen LogP contribution in [0, 0.1) is 0 Å². The van der Waals surface area contributed by atoms with Crippen LogP contribution in [0.15, 0.2) is 30.3 Å². The van der Waals surface area contributed by atoms with Crippen molar-refractivity contribution in [2.45, 2.75) is 12.5 Å². The average molecular weight is 220 g/mol. The third kappa shape index (κ3) is 2.20. The molecule has 1 unspecified atom stereocenters. The second-order valence-corrected chi connectivity index (χ2v) is 3.69. The van der Waals surface area contributed by atoms with Gasteiger partial charge in [0.2, 0.25) is 5.91 Å². The highest BCUT2D eigenvalue weighted by Crippen LogP contribution is 2.26. The highest BCUT2D eigenvalue weighted by Gasteiger charge is 2.32. The molecular weight excluding hydrogens is 208 g/mol. The van der Waals surface area contributed by atoms with Gasteiger partial charge in [0.05, 0.1) is 6.04 Å². The molecule has 0 bridgehead atoms. The third-order valence-electron chi connectivity index (χ3n) is 2.51. The molecule has 1 heterocycles. The van der Waals surface area contributed by atoms with Crippen molar-refractivity contribution in [2.75, 3.05) is 6.54 Å². The molecule has 1 amide bonds. The highest BCUT2D eigenvalue weighted by molar-refractivity contribution is 5.79. The smallest absolute Gasteiger partial charge is 0.319 e. The molecule has 2 N–H and O–H groups in total. The van der Waals surface area contributed by atoms with Crippen molar-refractivity contribution in [1.82, 2.24) is 10.4 Å². The fourth-order valence-electron chi connectivity index (χ4n) is 1.84. The summed E-state index contributed by atoms with van der Waals surface area (Å²) in [6, 6.07) is 9.22. The number of hydrogen-bond donors (Lipinski definition) is 2. The van der Waals surface area contributed by atoms with Gasteiger partial charge in [-0.15, -0.1) is 0 Å². The van der Waals surface area contributed by atoms with Gasteiger partial charge < -0.3 is 5.11 Å². The van der Waals surface area contributed by atoms with Crippen molar-refractivity contribution in [3.8, 4) is 0 Å². The summed E-state index contributed by atoms with van der Waals surface area (Å²) in [5.41, 5.74) is 3.49. The number of hydrazine groups is 1. The van der Waals surface area contributed by atoms with E-state index in [1.54, 1.807) is 0 Å². The van der Waals surface area contributed by atoms with E-state index >= 15 is 0 Å². The Kier molecular flexibility index (Phi) is 2.87. The van der Waals surface area contributed by atoms with E-state index in [1.807, 2.05) is 30.3 Å². The molecule has 5 heteroatoms. The van der Waals surface area contributed by atoms with E-state index in [4.69, 9.17) is 5.11 Å². The van der Waals surface area contributed by atoms with Gasteiger partial charge in [0.25, 0.3) is 0 Å². The SMILES string of the molecule is O=C(O)CN1NC(=O)CC1c1ccccc1. The number of hydrogen-bond acceptors (Lipinski definition) is 3. The Morgan fingerprint density at radius 3 is 2.75 bits per heavy atom. The lowest BCUT2D eigenvalue weighted by molar-refractivity contribution is -0.139. The van der Waals surface area contributed by atoms with Crippen molar-refractivity contribution in [3.63, 3.8) is 0 Å². The number of carboxylic acid groups (broad SMARTS) is 1. The van der Waals surface area contributed by atoms with E-state index in [0.29, 0.717) is 6.42 Å². The third-order valence-corrected chi connectivity index (χ3v) is 2.51. The van der Waals surface area contributed by atoms with Crippen molar-refractivity contribution in [2.24, 2.45) is 0 Å². The minimum Gasteiger partial charge on any atom is -0.480 e. The van der Waals surface area contributed by atoms with E-state index in [2.05, 4.69) is 5.43 Å². The molecule has 0 aliphatic carbocycles. The molecule has 1 aromatic rings. The Balaban J connectivity index is 2.19. The summed E-state index contributed by atoms with van der Waals surface area (Å²) in [5.74, 6) is -1.10. The van der Waals surface area contributed by atoms with Gasteiger partial charge in [-0.1, -0.05) is 30.3 Å². The van der Waals surface area contributed by atoms with E-state index < -0.39 is 5.97 Å². The zero-order valence-corrected chi connectivity index (χ0v) is 8.59. The Labute approximate surface area is 92.6 Å². The molecule has 5 nitrogen and oxygen atoms in total. The summed E-state index contributed by atoms with van der Waals surface area (Å²) < 4.78 is 0.